The van der Waals surface area contributed by atoms with Crippen molar-refractivity contribution >= 4 is 17.5 Å². The van der Waals surface area contributed by atoms with Crippen LogP contribution in [0.3, 0.4) is 0 Å². The van der Waals surface area contributed by atoms with E-state index in [0.29, 0.717) is 16.7 Å². The summed E-state index contributed by atoms with van der Waals surface area (Å²) in [5, 5.41) is 3.67. The maximum Gasteiger partial charge on any atom is 0.261 e. The lowest BCUT2D eigenvalue weighted by Crippen LogP contribution is -2.39. The summed E-state index contributed by atoms with van der Waals surface area (Å²) in [5.41, 5.74) is 1.04. The summed E-state index contributed by atoms with van der Waals surface area (Å²) in [5.74, 6) is 1.64. The third kappa shape index (κ3) is 5.95. The summed E-state index contributed by atoms with van der Waals surface area (Å²) in [4.78, 5) is 12.6. The Morgan fingerprint density at radius 1 is 1.08 bits per heavy atom. The number of carbonyl (C=O) groups excluding carboxylic acids is 1. The fraction of sp³-hybridized carbons (Fsp3) is 0.381. The summed E-state index contributed by atoms with van der Waals surface area (Å²) in [6.45, 7) is 6.00. The third-order valence-corrected chi connectivity index (χ3v) is 4.26. The van der Waals surface area contributed by atoms with Crippen LogP contribution >= 0.6 is 11.6 Å². The number of hydrogen-bond donors (Lipinski definition) is 1. The molecular formula is C21H26ClNO3. The number of nitrogens with one attached hydrogen (secondary N) is 1. The van der Waals surface area contributed by atoms with Crippen molar-refractivity contribution in [2.75, 3.05) is 7.11 Å². The Morgan fingerprint density at radius 3 is 2.35 bits per heavy atom. The molecule has 0 heterocycles. The maximum atomic E-state index is 12.6. The van der Waals surface area contributed by atoms with Crippen LogP contribution in [0.1, 0.15) is 38.8 Å². The van der Waals surface area contributed by atoms with Gasteiger partial charge in [-0.2, -0.15) is 0 Å². The number of halogens is 1. The standard InChI is InChI=1S/C21H26ClNO3/c1-14(2)12-20(16-8-10-18(25-4)11-9-16)23-21(24)15(3)26-19-7-5-6-17(22)13-19/h5-11,13-15,20H,12H2,1-4H3,(H,23,24)/t15-,20+/m0/s1. The van der Waals surface area contributed by atoms with Crippen LogP contribution in [0, 0.1) is 5.92 Å². The van der Waals surface area contributed by atoms with E-state index in [4.69, 9.17) is 21.1 Å². The zero-order chi connectivity index (χ0) is 19.1. The molecule has 0 unspecified atom stereocenters. The van der Waals surface area contributed by atoms with Gasteiger partial charge in [0.25, 0.3) is 5.91 Å². The molecule has 2 rings (SSSR count). The molecule has 2 aromatic rings. The topological polar surface area (TPSA) is 47.6 Å². The number of rotatable bonds is 8. The first-order valence-corrected chi connectivity index (χ1v) is 9.13. The smallest absolute Gasteiger partial charge is 0.261 e. The Kier molecular flexibility index (Phi) is 7.34. The summed E-state index contributed by atoms with van der Waals surface area (Å²) in [6.07, 6.45) is 0.212. The number of benzene rings is 2. The van der Waals surface area contributed by atoms with Crippen LogP contribution in [0.4, 0.5) is 0 Å². The summed E-state index contributed by atoms with van der Waals surface area (Å²) in [6, 6.07) is 14.7. The normalized spacial score (nSPS) is 13.2. The van der Waals surface area contributed by atoms with E-state index in [-0.39, 0.29) is 11.9 Å². The molecule has 0 radical (unpaired) electrons. The minimum Gasteiger partial charge on any atom is -0.497 e. The van der Waals surface area contributed by atoms with Crippen LogP contribution in [0.2, 0.25) is 5.02 Å². The molecule has 0 aromatic heterocycles. The molecule has 2 atom stereocenters. The SMILES string of the molecule is COc1ccc([C@@H](CC(C)C)NC(=O)[C@H](C)Oc2cccc(Cl)c2)cc1. The maximum absolute atomic E-state index is 12.6. The molecule has 0 aliphatic heterocycles. The van der Waals surface area contributed by atoms with E-state index in [1.54, 1.807) is 38.3 Å². The summed E-state index contributed by atoms with van der Waals surface area (Å²) >= 11 is 5.96. The van der Waals surface area contributed by atoms with Crippen molar-refractivity contribution in [2.24, 2.45) is 5.92 Å². The first-order valence-electron chi connectivity index (χ1n) is 8.75. The van der Waals surface area contributed by atoms with Crippen molar-refractivity contribution in [2.45, 2.75) is 39.3 Å². The van der Waals surface area contributed by atoms with Crippen LogP contribution in [-0.2, 0) is 4.79 Å². The van der Waals surface area contributed by atoms with Gasteiger partial charge in [-0.1, -0.05) is 43.6 Å². The van der Waals surface area contributed by atoms with Gasteiger partial charge in [0.15, 0.2) is 6.10 Å². The highest BCUT2D eigenvalue weighted by Gasteiger charge is 2.21. The highest BCUT2D eigenvalue weighted by molar-refractivity contribution is 6.30. The summed E-state index contributed by atoms with van der Waals surface area (Å²) < 4.78 is 10.9. The largest absolute Gasteiger partial charge is 0.497 e. The number of amides is 1. The van der Waals surface area contributed by atoms with Crippen LogP contribution in [-0.4, -0.2) is 19.1 Å². The number of ether oxygens (including phenoxy) is 2. The Hall–Kier alpha value is -2.20. The molecule has 1 N–H and O–H groups in total. The van der Waals surface area contributed by atoms with Gasteiger partial charge in [0.1, 0.15) is 11.5 Å². The van der Waals surface area contributed by atoms with Crippen molar-refractivity contribution in [3.05, 3.63) is 59.1 Å². The second-order valence-corrected chi connectivity index (χ2v) is 7.12. The van der Waals surface area contributed by atoms with Crippen molar-refractivity contribution in [1.82, 2.24) is 5.32 Å². The molecule has 26 heavy (non-hydrogen) atoms. The molecular weight excluding hydrogens is 350 g/mol. The predicted molar refractivity (Wildman–Crippen MR) is 105 cm³/mol. The monoisotopic (exact) mass is 375 g/mol. The highest BCUT2D eigenvalue weighted by Crippen LogP contribution is 2.24. The number of carbonyl (C=O) groups is 1. The second-order valence-electron chi connectivity index (χ2n) is 6.68. The Morgan fingerprint density at radius 2 is 1.77 bits per heavy atom. The van der Waals surface area contributed by atoms with E-state index in [2.05, 4.69) is 19.2 Å². The molecule has 0 bridgehead atoms. The molecule has 5 heteroatoms. The molecule has 0 saturated heterocycles. The fourth-order valence-corrected chi connectivity index (χ4v) is 2.85. The quantitative estimate of drug-likeness (QED) is 0.704. The second kappa shape index (κ2) is 9.48. The Bertz CT molecular complexity index is 715. The van der Waals surface area contributed by atoms with Crippen LogP contribution in [0.15, 0.2) is 48.5 Å². The van der Waals surface area contributed by atoms with Crippen LogP contribution in [0.5, 0.6) is 11.5 Å². The first-order chi connectivity index (χ1) is 12.4. The van der Waals surface area contributed by atoms with Gasteiger partial charge >= 0.3 is 0 Å². The van der Waals surface area contributed by atoms with E-state index < -0.39 is 6.10 Å². The van der Waals surface area contributed by atoms with Crippen molar-refractivity contribution in [1.29, 1.82) is 0 Å². The molecule has 0 aliphatic rings. The van der Waals surface area contributed by atoms with E-state index in [1.165, 1.54) is 0 Å². The van der Waals surface area contributed by atoms with Gasteiger partial charge in [-0.25, -0.2) is 0 Å². The van der Waals surface area contributed by atoms with E-state index >= 15 is 0 Å². The van der Waals surface area contributed by atoms with Gasteiger partial charge in [-0.15, -0.1) is 0 Å². The Labute approximate surface area is 160 Å². The van der Waals surface area contributed by atoms with Crippen molar-refractivity contribution in [3.63, 3.8) is 0 Å². The zero-order valence-electron chi connectivity index (χ0n) is 15.7. The van der Waals surface area contributed by atoms with Crippen molar-refractivity contribution < 1.29 is 14.3 Å². The Balaban J connectivity index is 2.07. The molecule has 4 nitrogen and oxygen atoms in total. The number of hydrogen-bond acceptors (Lipinski definition) is 3. The van der Waals surface area contributed by atoms with Crippen molar-refractivity contribution in [3.8, 4) is 11.5 Å². The molecule has 2 aromatic carbocycles. The highest BCUT2D eigenvalue weighted by atomic mass is 35.5. The zero-order valence-corrected chi connectivity index (χ0v) is 16.4. The van der Waals surface area contributed by atoms with Gasteiger partial charge < -0.3 is 14.8 Å². The van der Waals surface area contributed by atoms with Gasteiger partial charge in [0, 0.05) is 5.02 Å². The van der Waals surface area contributed by atoms with E-state index in [0.717, 1.165) is 17.7 Å². The van der Waals surface area contributed by atoms with Gasteiger partial charge in [0.2, 0.25) is 0 Å². The molecule has 1 amide bonds. The molecule has 0 aliphatic carbocycles. The average molecular weight is 376 g/mol. The van der Waals surface area contributed by atoms with Gasteiger partial charge in [-0.05, 0) is 55.2 Å². The molecule has 0 saturated carbocycles. The van der Waals surface area contributed by atoms with E-state index in [1.807, 2.05) is 24.3 Å². The molecule has 0 spiro atoms. The minimum absolute atomic E-state index is 0.0844. The molecule has 0 fully saturated rings. The minimum atomic E-state index is -0.624. The lowest BCUT2D eigenvalue weighted by molar-refractivity contribution is -0.128. The fourth-order valence-electron chi connectivity index (χ4n) is 2.67. The average Bonchev–Trinajstić information content (AvgIpc) is 2.60. The molecule has 140 valence electrons. The van der Waals surface area contributed by atoms with Crippen LogP contribution < -0.4 is 14.8 Å². The number of methoxy groups -OCH3 is 1. The van der Waals surface area contributed by atoms with Crippen LogP contribution in [0.25, 0.3) is 0 Å². The predicted octanol–water partition coefficient (Wildman–Crippen LogP) is 5.02. The van der Waals surface area contributed by atoms with Gasteiger partial charge in [-0.3, -0.25) is 4.79 Å². The third-order valence-electron chi connectivity index (χ3n) is 4.02. The van der Waals surface area contributed by atoms with E-state index in [9.17, 15) is 4.79 Å². The summed E-state index contributed by atoms with van der Waals surface area (Å²) in [7, 11) is 1.64. The van der Waals surface area contributed by atoms with Gasteiger partial charge in [0.05, 0.1) is 13.2 Å². The first kappa shape index (κ1) is 20.1. The lowest BCUT2D eigenvalue weighted by Gasteiger charge is -2.24. The lowest BCUT2D eigenvalue weighted by atomic mass is 9.96.